The van der Waals surface area contributed by atoms with Crippen molar-refractivity contribution in [2.45, 2.75) is 51.2 Å². The molecule has 0 atom stereocenters. The van der Waals surface area contributed by atoms with Gasteiger partial charge in [-0.05, 0) is 30.4 Å². The normalized spacial score (nSPS) is 28.5. The van der Waals surface area contributed by atoms with E-state index < -0.39 is 6.29 Å². The molecule has 0 amide bonds. The fourth-order valence-electron chi connectivity index (χ4n) is 3.23. The lowest BCUT2D eigenvalue weighted by Crippen LogP contribution is -2.25. The van der Waals surface area contributed by atoms with Crippen LogP contribution in [0.15, 0.2) is 18.2 Å². The quantitative estimate of drug-likeness (QED) is 0.790. The lowest BCUT2D eigenvalue weighted by molar-refractivity contribution is -0.202. The van der Waals surface area contributed by atoms with Crippen LogP contribution < -0.4 is 0 Å². The van der Waals surface area contributed by atoms with Gasteiger partial charge in [-0.3, -0.25) is 0 Å². The summed E-state index contributed by atoms with van der Waals surface area (Å²) in [5.74, 6) is 0.712. The van der Waals surface area contributed by atoms with E-state index in [0.29, 0.717) is 25.0 Å². The van der Waals surface area contributed by atoms with Crippen molar-refractivity contribution in [1.29, 1.82) is 0 Å². The van der Waals surface area contributed by atoms with Gasteiger partial charge in [0, 0.05) is 11.5 Å². The molecule has 1 heterocycles. The smallest absolute Gasteiger partial charge is 0.183 e. The fraction of sp³-hybridized carbons (Fsp3) is 0.647. The van der Waals surface area contributed by atoms with E-state index in [9.17, 15) is 4.39 Å². The van der Waals surface area contributed by atoms with Gasteiger partial charge in [0.25, 0.3) is 0 Å². The summed E-state index contributed by atoms with van der Waals surface area (Å²) in [6.45, 7) is 3.44. The number of rotatable bonds is 2. The zero-order valence-electron chi connectivity index (χ0n) is 12.1. The zero-order valence-corrected chi connectivity index (χ0v) is 12.1. The van der Waals surface area contributed by atoms with Crippen molar-refractivity contribution in [1.82, 2.24) is 0 Å². The second kappa shape index (κ2) is 6.23. The summed E-state index contributed by atoms with van der Waals surface area (Å²) in [6, 6.07) is 5.50. The Balaban J connectivity index is 1.73. The number of hydrogen-bond donors (Lipinski definition) is 0. The summed E-state index contributed by atoms with van der Waals surface area (Å²) in [7, 11) is 0. The molecule has 2 nitrogen and oxygen atoms in total. The van der Waals surface area contributed by atoms with Crippen LogP contribution in [0.1, 0.15) is 62.4 Å². The average Bonchev–Trinajstić information content (AvgIpc) is 2.49. The first-order valence-corrected chi connectivity index (χ1v) is 7.76. The second-order valence-corrected chi connectivity index (χ2v) is 6.22. The predicted molar refractivity (Wildman–Crippen MR) is 76.0 cm³/mol. The summed E-state index contributed by atoms with van der Waals surface area (Å²) in [4.78, 5) is 0. The van der Waals surface area contributed by atoms with Crippen LogP contribution in [0, 0.1) is 11.7 Å². The van der Waals surface area contributed by atoms with Crippen molar-refractivity contribution in [2.24, 2.45) is 5.92 Å². The number of hydrogen-bond acceptors (Lipinski definition) is 2. The Morgan fingerprint density at radius 3 is 2.40 bits per heavy atom. The molecule has 2 aliphatic rings. The van der Waals surface area contributed by atoms with E-state index in [1.54, 1.807) is 6.07 Å². The first-order valence-electron chi connectivity index (χ1n) is 7.76. The molecule has 3 heteroatoms. The highest BCUT2D eigenvalue weighted by molar-refractivity contribution is 5.28. The Kier molecular flexibility index (Phi) is 4.37. The van der Waals surface area contributed by atoms with Crippen molar-refractivity contribution in [3.63, 3.8) is 0 Å². The highest BCUT2D eigenvalue weighted by atomic mass is 19.1. The molecule has 0 radical (unpaired) electrons. The third kappa shape index (κ3) is 3.04. The van der Waals surface area contributed by atoms with Crippen molar-refractivity contribution >= 4 is 0 Å². The van der Waals surface area contributed by atoms with E-state index >= 15 is 0 Å². The summed E-state index contributed by atoms with van der Waals surface area (Å²) in [5, 5.41) is 0. The van der Waals surface area contributed by atoms with E-state index in [1.165, 1.54) is 19.3 Å². The molecule has 1 aromatic carbocycles. The van der Waals surface area contributed by atoms with Gasteiger partial charge in [-0.25, -0.2) is 4.39 Å². The van der Waals surface area contributed by atoms with Gasteiger partial charge in [0.15, 0.2) is 6.29 Å². The molecule has 0 spiro atoms. The van der Waals surface area contributed by atoms with Gasteiger partial charge in [0.1, 0.15) is 5.82 Å². The lowest BCUT2D eigenvalue weighted by atomic mass is 9.83. The Bertz CT molecular complexity index is 446. The third-order valence-corrected chi connectivity index (χ3v) is 4.41. The Labute approximate surface area is 120 Å². The van der Waals surface area contributed by atoms with Gasteiger partial charge in [0.05, 0.1) is 13.2 Å². The van der Waals surface area contributed by atoms with E-state index in [0.717, 1.165) is 24.0 Å². The third-order valence-electron chi connectivity index (χ3n) is 4.41. The van der Waals surface area contributed by atoms with Crippen LogP contribution in [0.5, 0.6) is 0 Å². The summed E-state index contributed by atoms with van der Waals surface area (Å²) >= 11 is 0. The highest BCUT2D eigenvalue weighted by Crippen LogP contribution is 2.35. The fourth-order valence-corrected chi connectivity index (χ4v) is 3.23. The Hall–Kier alpha value is -0.930. The van der Waals surface area contributed by atoms with Crippen LogP contribution in [0.4, 0.5) is 4.39 Å². The van der Waals surface area contributed by atoms with E-state index in [4.69, 9.17) is 9.47 Å². The minimum Gasteiger partial charge on any atom is -0.348 e. The topological polar surface area (TPSA) is 18.5 Å². The maximum absolute atomic E-state index is 14.4. The molecule has 0 unspecified atom stereocenters. The van der Waals surface area contributed by atoms with Crippen LogP contribution in [-0.4, -0.2) is 13.2 Å². The lowest BCUT2D eigenvalue weighted by Gasteiger charge is -2.28. The molecule has 1 aromatic rings. The molecule has 1 aliphatic heterocycles. The minimum absolute atomic E-state index is 0.0970. The molecule has 0 bridgehead atoms. The first-order chi connectivity index (χ1) is 9.74. The van der Waals surface area contributed by atoms with Gasteiger partial charge < -0.3 is 9.47 Å². The standard InChI is InChI=1S/C17H23FO2/c1-12-10-19-17(20-11-12)14-7-8-15(16(18)9-14)13-5-3-2-4-6-13/h7-9,12-13,17H,2-6,10-11H2,1H3. The average molecular weight is 278 g/mol. The van der Waals surface area contributed by atoms with Gasteiger partial charge in [0.2, 0.25) is 0 Å². The van der Waals surface area contributed by atoms with E-state index in [1.807, 2.05) is 12.1 Å². The number of ether oxygens (including phenoxy) is 2. The molecule has 1 aliphatic carbocycles. The SMILES string of the molecule is CC1COC(c2ccc(C3CCCCC3)c(F)c2)OC1. The second-order valence-electron chi connectivity index (χ2n) is 6.22. The minimum atomic E-state index is -0.402. The molecule has 0 N–H and O–H groups in total. The number of halogens is 1. The van der Waals surface area contributed by atoms with Gasteiger partial charge in [-0.15, -0.1) is 0 Å². The Morgan fingerprint density at radius 2 is 1.75 bits per heavy atom. The van der Waals surface area contributed by atoms with Crippen LogP contribution in [-0.2, 0) is 9.47 Å². The van der Waals surface area contributed by atoms with Crippen molar-refractivity contribution in [3.8, 4) is 0 Å². The summed E-state index contributed by atoms with van der Waals surface area (Å²) in [6.07, 6.45) is 5.56. The van der Waals surface area contributed by atoms with Gasteiger partial charge >= 0.3 is 0 Å². The summed E-state index contributed by atoms with van der Waals surface area (Å²) in [5.41, 5.74) is 1.67. The molecular formula is C17H23FO2. The predicted octanol–water partition coefficient (Wildman–Crippen LogP) is 4.55. The van der Waals surface area contributed by atoms with Crippen LogP contribution >= 0.6 is 0 Å². The maximum Gasteiger partial charge on any atom is 0.183 e. The first kappa shape index (κ1) is 14.0. The summed E-state index contributed by atoms with van der Waals surface area (Å²) < 4.78 is 25.6. The number of benzene rings is 1. The molecule has 20 heavy (non-hydrogen) atoms. The Morgan fingerprint density at radius 1 is 1.05 bits per heavy atom. The van der Waals surface area contributed by atoms with Crippen LogP contribution in [0.25, 0.3) is 0 Å². The molecule has 0 aromatic heterocycles. The highest BCUT2D eigenvalue weighted by Gasteiger charge is 2.23. The van der Waals surface area contributed by atoms with Gasteiger partial charge in [-0.1, -0.05) is 38.3 Å². The van der Waals surface area contributed by atoms with E-state index in [2.05, 4.69) is 6.92 Å². The monoisotopic (exact) mass is 278 g/mol. The van der Waals surface area contributed by atoms with Crippen LogP contribution in [0.2, 0.25) is 0 Å². The molecule has 1 saturated heterocycles. The molecule has 1 saturated carbocycles. The van der Waals surface area contributed by atoms with Gasteiger partial charge in [-0.2, -0.15) is 0 Å². The van der Waals surface area contributed by atoms with E-state index in [-0.39, 0.29) is 5.82 Å². The van der Waals surface area contributed by atoms with Crippen molar-refractivity contribution in [3.05, 3.63) is 35.1 Å². The van der Waals surface area contributed by atoms with Crippen LogP contribution in [0.3, 0.4) is 0 Å². The largest absolute Gasteiger partial charge is 0.348 e. The maximum atomic E-state index is 14.4. The van der Waals surface area contributed by atoms with Crippen molar-refractivity contribution < 1.29 is 13.9 Å². The molecule has 2 fully saturated rings. The zero-order chi connectivity index (χ0) is 13.9. The van der Waals surface area contributed by atoms with Crippen molar-refractivity contribution in [2.75, 3.05) is 13.2 Å². The molecular weight excluding hydrogens is 255 g/mol. The molecule has 110 valence electrons. The molecule has 3 rings (SSSR count).